The molecule has 5 nitrogen and oxygen atoms in total. The fourth-order valence-electron chi connectivity index (χ4n) is 4.28. The molecule has 7 heteroatoms. The van der Waals surface area contributed by atoms with Crippen LogP contribution in [0.1, 0.15) is 26.7 Å². The molecular formula is C19H28ClFN2O3. The predicted octanol–water partition coefficient (Wildman–Crippen LogP) is 2.62. The number of halogens is 2. The number of hydrogen-bond donors (Lipinski definition) is 1. The van der Waals surface area contributed by atoms with Gasteiger partial charge in [0.15, 0.2) is 11.6 Å². The average Bonchev–Trinajstić information content (AvgIpc) is 2.61. The fraction of sp³-hybridized carbons (Fsp3) is 0.632. The Hall–Kier alpha value is -1.37. The molecule has 2 aliphatic rings. The molecule has 2 fully saturated rings. The highest BCUT2D eigenvalue weighted by Gasteiger charge is 2.70. The molecule has 1 heterocycles. The van der Waals surface area contributed by atoms with Crippen molar-refractivity contribution >= 4 is 18.3 Å². The van der Waals surface area contributed by atoms with Gasteiger partial charge in [0.1, 0.15) is 12.1 Å². The lowest BCUT2D eigenvalue weighted by Gasteiger charge is -2.65. The van der Waals surface area contributed by atoms with Crippen LogP contribution in [0.5, 0.6) is 5.75 Å². The Morgan fingerprint density at radius 2 is 2.12 bits per heavy atom. The Labute approximate surface area is 160 Å². The average molecular weight is 387 g/mol. The number of rotatable bonds is 5. The monoisotopic (exact) mass is 386 g/mol. The molecule has 3 rings (SSSR count). The molecule has 3 atom stereocenters. The zero-order chi connectivity index (χ0) is 18.2. The summed E-state index contributed by atoms with van der Waals surface area (Å²) in [5.41, 5.74) is 5.28. The lowest BCUT2D eigenvalue weighted by Crippen LogP contribution is -2.82. The number of carbonyl (C=O) groups excluding carboxylic acids is 1. The topological polar surface area (TPSA) is 64.8 Å². The third-order valence-electron chi connectivity index (χ3n) is 5.91. The first-order chi connectivity index (χ1) is 11.8. The van der Waals surface area contributed by atoms with Gasteiger partial charge in [0.2, 0.25) is 5.91 Å². The van der Waals surface area contributed by atoms with Crippen molar-refractivity contribution in [2.45, 2.75) is 38.3 Å². The molecule has 0 bridgehead atoms. The van der Waals surface area contributed by atoms with Crippen molar-refractivity contribution in [1.82, 2.24) is 4.90 Å². The summed E-state index contributed by atoms with van der Waals surface area (Å²) >= 11 is 0. The minimum atomic E-state index is -0.926. The van der Waals surface area contributed by atoms with E-state index in [1.54, 1.807) is 30.1 Å². The van der Waals surface area contributed by atoms with E-state index in [1.165, 1.54) is 6.07 Å². The first-order valence-corrected chi connectivity index (χ1v) is 8.83. The quantitative estimate of drug-likeness (QED) is 0.844. The van der Waals surface area contributed by atoms with Gasteiger partial charge in [0.05, 0.1) is 12.6 Å². The summed E-state index contributed by atoms with van der Waals surface area (Å²) in [4.78, 5) is 14.6. The highest BCUT2D eigenvalue weighted by molar-refractivity contribution is 5.89. The van der Waals surface area contributed by atoms with Gasteiger partial charge in [-0.2, -0.15) is 0 Å². The SMILES string of the molecule is CN(CCOc1ccccc1F)C(=O)C1(N)C2CCCOC2C1(C)C.Cl. The van der Waals surface area contributed by atoms with E-state index in [0.29, 0.717) is 6.54 Å². The summed E-state index contributed by atoms with van der Waals surface area (Å²) in [6.07, 6.45) is 1.89. The lowest BCUT2D eigenvalue weighted by atomic mass is 9.46. The van der Waals surface area contributed by atoms with Crippen molar-refractivity contribution < 1.29 is 18.7 Å². The molecule has 3 unspecified atom stereocenters. The molecule has 1 saturated heterocycles. The summed E-state index contributed by atoms with van der Waals surface area (Å²) in [7, 11) is 1.72. The van der Waals surface area contributed by atoms with Crippen molar-refractivity contribution in [3.05, 3.63) is 30.1 Å². The number of likely N-dealkylation sites (N-methyl/N-ethyl adjacent to an activating group) is 1. The molecule has 2 N–H and O–H groups in total. The predicted molar refractivity (Wildman–Crippen MR) is 99.9 cm³/mol. The van der Waals surface area contributed by atoms with E-state index >= 15 is 0 Å². The van der Waals surface area contributed by atoms with Gasteiger partial charge in [-0.3, -0.25) is 4.79 Å². The van der Waals surface area contributed by atoms with E-state index < -0.39 is 16.8 Å². The second-order valence-electron chi connectivity index (χ2n) is 7.64. The van der Waals surface area contributed by atoms with Crippen LogP contribution >= 0.6 is 12.4 Å². The van der Waals surface area contributed by atoms with Crippen molar-refractivity contribution in [1.29, 1.82) is 0 Å². The number of para-hydroxylation sites is 1. The van der Waals surface area contributed by atoms with Crippen LogP contribution in [0.2, 0.25) is 0 Å². The molecule has 0 radical (unpaired) electrons. The molecule has 1 aromatic carbocycles. The Balaban J connectivity index is 0.00000243. The van der Waals surface area contributed by atoms with Gasteiger partial charge in [0, 0.05) is 25.0 Å². The first kappa shape index (κ1) is 20.9. The number of nitrogens with two attached hydrogens (primary N) is 1. The summed E-state index contributed by atoms with van der Waals surface area (Å²) in [6, 6.07) is 6.24. The molecule has 1 amide bonds. The Morgan fingerprint density at radius 3 is 2.81 bits per heavy atom. The van der Waals surface area contributed by atoms with Crippen LogP contribution in [-0.2, 0) is 9.53 Å². The van der Waals surface area contributed by atoms with Gasteiger partial charge >= 0.3 is 0 Å². The van der Waals surface area contributed by atoms with E-state index in [9.17, 15) is 9.18 Å². The van der Waals surface area contributed by atoms with E-state index in [0.717, 1.165) is 19.4 Å². The van der Waals surface area contributed by atoms with E-state index in [-0.39, 0.29) is 42.7 Å². The minimum absolute atomic E-state index is 0. The van der Waals surface area contributed by atoms with Crippen LogP contribution < -0.4 is 10.5 Å². The van der Waals surface area contributed by atoms with Crippen LogP contribution in [0.25, 0.3) is 0 Å². The van der Waals surface area contributed by atoms with Gasteiger partial charge in [-0.1, -0.05) is 26.0 Å². The standard InChI is InChI=1S/C19H27FN2O3.ClH/c1-18(2)16-13(7-6-11-25-16)19(18,21)17(23)22(3)10-12-24-15-9-5-4-8-14(15)20;/h4-5,8-9,13,16H,6-7,10-12,21H2,1-3H3;1H. The van der Waals surface area contributed by atoms with Crippen LogP contribution in [0.4, 0.5) is 4.39 Å². The van der Waals surface area contributed by atoms with Crippen molar-refractivity contribution in [2.24, 2.45) is 17.1 Å². The lowest BCUT2D eigenvalue weighted by molar-refractivity contribution is -0.229. The Kier molecular flexibility index (Phi) is 6.20. The van der Waals surface area contributed by atoms with Crippen molar-refractivity contribution in [2.75, 3.05) is 26.8 Å². The molecule has 1 aliphatic carbocycles. The largest absolute Gasteiger partial charge is 0.489 e. The number of carbonyl (C=O) groups is 1. The molecule has 1 aliphatic heterocycles. The summed E-state index contributed by atoms with van der Waals surface area (Å²) < 4.78 is 24.9. The normalized spacial score (nSPS) is 29.0. The van der Waals surface area contributed by atoms with Crippen LogP contribution in [0.15, 0.2) is 24.3 Å². The molecule has 0 spiro atoms. The van der Waals surface area contributed by atoms with Gasteiger partial charge in [0.25, 0.3) is 0 Å². The maximum Gasteiger partial charge on any atom is 0.243 e. The van der Waals surface area contributed by atoms with E-state index in [4.69, 9.17) is 15.2 Å². The number of fused-ring (bicyclic) bond motifs is 1. The highest BCUT2D eigenvalue weighted by Crippen LogP contribution is 2.57. The second-order valence-corrected chi connectivity index (χ2v) is 7.64. The zero-order valence-electron chi connectivity index (χ0n) is 15.5. The summed E-state index contributed by atoms with van der Waals surface area (Å²) in [6.45, 7) is 5.30. The van der Waals surface area contributed by atoms with Gasteiger partial charge in [-0.15, -0.1) is 12.4 Å². The maximum atomic E-state index is 13.6. The summed E-state index contributed by atoms with van der Waals surface area (Å²) in [5.74, 6) is -0.260. The number of benzene rings is 1. The highest BCUT2D eigenvalue weighted by atomic mass is 35.5. The van der Waals surface area contributed by atoms with Crippen molar-refractivity contribution in [3.63, 3.8) is 0 Å². The van der Waals surface area contributed by atoms with E-state index in [1.807, 2.05) is 13.8 Å². The smallest absolute Gasteiger partial charge is 0.243 e. The Morgan fingerprint density at radius 1 is 1.42 bits per heavy atom. The third kappa shape index (κ3) is 3.19. The fourth-order valence-corrected chi connectivity index (χ4v) is 4.28. The van der Waals surface area contributed by atoms with E-state index in [2.05, 4.69) is 0 Å². The zero-order valence-corrected chi connectivity index (χ0v) is 16.4. The number of nitrogens with zero attached hydrogens (tertiary/aromatic N) is 1. The third-order valence-corrected chi connectivity index (χ3v) is 5.91. The second kappa shape index (κ2) is 7.71. The Bertz CT molecular complexity index is 657. The first-order valence-electron chi connectivity index (χ1n) is 8.83. The molecule has 146 valence electrons. The molecule has 26 heavy (non-hydrogen) atoms. The number of amides is 1. The van der Waals surface area contributed by atoms with Gasteiger partial charge in [-0.25, -0.2) is 4.39 Å². The van der Waals surface area contributed by atoms with Gasteiger partial charge < -0.3 is 20.1 Å². The van der Waals surface area contributed by atoms with Crippen LogP contribution in [0, 0.1) is 17.2 Å². The van der Waals surface area contributed by atoms with Crippen molar-refractivity contribution in [3.8, 4) is 5.75 Å². The number of ether oxygens (including phenoxy) is 2. The summed E-state index contributed by atoms with van der Waals surface area (Å²) in [5, 5.41) is 0. The number of hydrogen-bond acceptors (Lipinski definition) is 4. The minimum Gasteiger partial charge on any atom is -0.489 e. The molecule has 1 saturated carbocycles. The van der Waals surface area contributed by atoms with Crippen LogP contribution in [0.3, 0.4) is 0 Å². The molecule has 0 aromatic heterocycles. The maximum absolute atomic E-state index is 13.6. The molecule has 1 aromatic rings. The van der Waals surface area contributed by atoms with Gasteiger partial charge in [-0.05, 0) is 25.0 Å². The van der Waals surface area contributed by atoms with Crippen LogP contribution in [-0.4, -0.2) is 49.3 Å². The molecular weight excluding hydrogens is 359 g/mol.